The largest absolute Gasteiger partial charge is 0.329 e. The van der Waals surface area contributed by atoms with Crippen LogP contribution in [0.15, 0.2) is 60.7 Å². The number of hydrogen-bond donors (Lipinski definition) is 1. The molecule has 2 aromatic carbocycles. The minimum atomic E-state index is -0.0947. The van der Waals surface area contributed by atoms with Gasteiger partial charge in [0.2, 0.25) is 0 Å². The summed E-state index contributed by atoms with van der Waals surface area (Å²) in [6.07, 6.45) is 0. The van der Waals surface area contributed by atoms with E-state index in [9.17, 15) is 0 Å². The lowest BCUT2D eigenvalue weighted by molar-refractivity contribution is 0.584. The summed E-state index contributed by atoms with van der Waals surface area (Å²) in [6, 6.07) is 20.9. The highest BCUT2D eigenvalue weighted by Crippen LogP contribution is 2.30. The first kappa shape index (κ1) is 13.8. The van der Waals surface area contributed by atoms with E-state index in [0.29, 0.717) is 6.54 Å². The number of nitrogens with two attached hydrogens (primary N) is 1. The van der Waals surface area contributed by atoms with Gasteiger partial charge in [-0.15, -0.1) is 12.4 Å². The van der Waals surface area contributed by atoms with Crippen LogP contribution in [0.25, 0.3) is 0 Å². The molecule has 90 valence electrons. The maximum absolute atomic E-state index is 5.97. The minimum Gasteiger partial charge on any atom is -0.329 e. The molecule has 0 spiro atoms. The van der Waals surface area contributed by atoms with Gasteiger partial charge in [0.25, 0.3) is 0 Å². The van der Waals surface area contributed by atoms with E-state index in [0.717, 1.165) is 0 Å². The Morgan fingerprint density at radius 3 is 1.47 bits per heavy atom. The molecular formula is C15H18ClN. The lowest BCUT2D eigenvalue weighted by atomic mass is 9.76. The fourth-order valence-electron chi connectivity index (χ4n) is 2.01. The minimum absolute atomic E-state index is 0. The van der Waals surface area contributed by atoms with Crippen LogP contribution < -0.4 is 5.73 Å². The van der Waals surface area contributed by atoms with E-state index in [1.165, 1.54) is 11.1 Å². The first-order chi connectivity index (χ1) is 7.77. The molecule has 0 atom stereocenters. The Bertz CT molecular complexity index is 399. The Kier molecular flexibility index (Phi) is 4.73. The first-order valence-electron chi connectivity index (χ1n) is 5.58. The van der Waals surface area contributed by atoms with Crippen molar-refractivity contribution in [1.29, 1.82) is 0 Å². The first-order valence-corrected chi connectivity index (χ1v) is 5.58. The Hall–Kier alpha value is -1.31. The molecule has 2 N–H and O–H groups in total. The zero-order chi connectivity index (χ0) is 11.4. The summed E-state index contributed by atoms with van der Waals surface area (Å²) < 4.78 is 0. The molecule has 1 nitrogen and oxygen atoms in total. The van der Waals surface area contributed by atoms with Crippen LogP contribution in [0.2, 0.25) is 0 Å². The molecule has 17 heavy (non-hydrogen) atoms. The number of halogens is 1. The van der Waals surface area contributed by atoms with E-state index < -0.39 is 0 Å². The van der Waals surface area contributed by atoms with Gasteiger partial charge in [-0.2, -0.15) is 0 Å². The van der Waals surface area contributed by atoms with E-state index >= 15 is 0 Å². The average Bonchev–Trinajstić information content (AvgIpc) is 2.40. The van der Waals surface area contributed by atoms with E-state index in [1.54, 1.807) is 0 Å². The Labute approximate surface area is 109 Å². The second-order valence-corrected chi connectivity index (χ2v) is 4.27. The van der Waals surface area contributed by atoms with Crippen molar-refractivity contribution in [2.45, 2.75) is 12.3 Å². The second kappa shape index (κ2) is 5.85. The van der Waals surface area contributed by atoms with Crippen molar-refractivity contribution >= 4 is 12.4 Å². The standard InChI is InChI=1S/C15H17N.ClH/c1-15(12-16,13-8-4-2-5-9-13)14-10-6-3-7-11-14;/h2-11H,12,16H2,1H3;1H. The smallest absolute Gasteiger partial charge is 0.0296 e. The number of rotatable bonds is 3. The molecule has 0 fully saturated rings. The topological polar surface area (TPSA) is 26.0 Å². The summed E-state index contributed by atoms with van der Waals surface area (Å²) in [7, 11) is 0. The molecular weight excluding hydrogens is 230 g/mol. The van der Waals surface area contributed by atoms with Gasteiger partial charge in [-0.1, -0.05) is 67.6 Å². The normalized spacial score (nSPS) is 10.7. The molecule has 2 aromatic rings. The quantitative estimate of drug-likeness (QED) is 0.884. The molecule has 0 saturated heterocycles. The van der Waals surface area contributed by atoms with Crippen LogP contribution >= 0.6 is 12.4 Å². The van der Waals surface area contributed by atoms with Gasteiger partial charge in [0.1, 0.15) is 0 Å². The lowest BCUT2D eigenvalue weighted by Gasteiger charge is -2.29. The van der Waals surface area contributed by atoms with Crippen molar-refractivity contribution in [3.8, 4) is 0 Å². The van der Waals surface area contributed by atoms with Gasteiger partial charge in [-0.3, -0.25) is 0 Å². The van der Waals surface area contributed by atoms with Crippen LogP contribution in [0, 0.1) is 0 Å². The van der Waals surface area contributed by atoms with Gasteiger partial charge in [-0.25, -0.2) is 0 Å². The maximum Gasteiger partial charge on any atom is 0.0296 e. The summed E-state index contributed by atoms with van der Waals surface area (Å²) in [5.74, 6) is 0. The van der Waals surface area contributed by atoms with Crippen molar-refractivity contribution in [1.82, 2.24) is 0 Å². The van der Waals surface area contributed by atoms with Crippen LogP contribution in [0.1, 0.15) is 18.1 Å². The molecule has 0 aliphatic carbocycles. The highest BCUT2D eigenvalue weighted by Gasteiger charge is 2.26. The van der Waals surface area contributed by atoms with Gasteiger partial charge in [0, 0.05) is 12.0 Å². The lowest BCUT2D eigenvalue weighted by Crippen LogP contribution is -2.32. The summed E-state index contributed by atoms with van der Waals surface area (Å²) in [6.45, 7) is 2.80. The van der Waals surface area contributed by atoms with Crippen LogP contribution in [-0.2, 0) is 5.41 Å². The van der Waals surface area contributed by atoms with Crippen molar-refractivity contribution in [3.63, 3.8) is 0 Å². The average molecular weight is 248 g/mol. The predicted octanol–water partition coefficient (Wildman–Crippen LogP) is 3.37. The number of hydrogen-bond acceptors (Lipinski definition) is 1. The Balaban J connectivity index is 0.00000144. The van der Waals surface area contributed by atoms with E-state index in [4.69, 9.17) is 5.73 Å². The third-order valence-electron chi connectivity index (χ3n) is 3.23. The van der Waals surface area contributed by atoms with Crippen LogP contribution in [0.5, 0.6) is 0 Å². The van der Waals surface area contributed by atoms with Crippen molar-refractivity contribution < 1.29 is 0 Å². The van der Waals surface area contributed by atoms with Gasteiger partial charge < -0.3 is 5.73 Å². The highest BCUT2D eigenvalue weighted by molar-refractivity contribution is 5.85. The molecule has 0 aliphatic heterocycles. The fraction of sp³-hybridized carbons (Fsp3) is 0.200. The molecule has 0 aliphatic rings. The molecule has 0 heterocycles. The van der Waals surface area contributed by atoms with E-state index in [2.05, 4.69) is 55.5 Å². The van der Waals surface area contributed by atoms with Crippen LogP contribution in [0.3, 0.4) is 0 Å². The Morgan fingerprint density at radius 1 is 0.824 bits per heavy atom. The van der Waals surface area contributed by atoms with Gasteiger partial charge in [0.15, 0.2) is 0 Å². The second-order valence-electron chi connectivity index (χ2n) is 4.27. The third-order valence-corrected chi connectivity index (χ3v) is 3.23. The van der Waals surface area contributed by atoms with Gasteiger partial charge in [0.05, 0.1) is 0 Å². The summed E-state index contributed by atoms with van der Waals surface area (Å²) in [4.78, 5) is 0. The van der Waals surface area contributed by atoms with E-state index in [1.807, 2.05) is 12.1 Å². The predicted molar refractivity (Wildman–Crippen MR) is 75.6 cm³/mol. The summed E-state index contributed by atoms with van der Waals surface area (Å²) >= 11 is 0. The zero-order valence-corrected chi connectivity index (χ0v) is 10.8. The Morgan fingerprint density at radius 2 is 1.18 bits per heavy atom. The molecule has 0 radical (unpaired) electrons. The molecule has 0 unspecified atom stereocenters. The van der Waals surface area contributed by atoms with E-state index in [-0.39, 0.29) is 17.8 Å². The van der Waals surface area contributed by atoms with Crippen molar-refractivity contribution in [2.75, 3.05) is 6.54 Å². The summed E-state index contributed by atoms with van der Waals surface area (Å²) in [5.41, 5.74) is 8.41. The SMILES string of the molecule is CC(CN)(c1ccccc1)c1ccccc1.Cl. The fourth-order valence-corrected chi connectivity index (χ4v) is 2.01. The molecule has 0 amide bonds. The van der Waals surface area contributed by atoms with Crippen LogP contribution in [0.4, 0.5) is 0 Å². The van der Waals surface area contributed by atoms with Crippen molar-refractivity contribution in [3.05, 3.63) is 71.8 Å². The third kappa shape index (κ3) is 2.68. The zero-order valence-electron chi connectivity index (χ0n) is 9.97. The summed E-state index contributed by atoms with van der Waals surface area (Å²) in [5, 5.41) is 0. The van der Waals surface area contributed by atoms with Crippen LogP contribution in [-0.4, -0.2) is 6.54 Å². The number of benzene rings is 2. The van der Waals surface area contributed by atoms with Gasteiger partial charge >= 0.3 is 0 Å². The molecule has 0 saturated carbocycles. The molecule has 0 bridgehead atoms. The maximum atomic E-state index is 5.97. The monoisotopic (exact) mass is 247 g/mol. The molecule has 2 rings (SSSR count). The molecule has 2 heteroatoms. The van der Waals surface area contributed by atoms with Crippen molar-refractivity contribution in [2.24, 2.45) is 5.73 Å². The van der Waals surface area contributed by atoms with Gasteiger partial charge in [-0.05, 0) is 11.1 Å². The highest BCUT2D eigenvalue weighted by atomic mass is 35.5. The molecule has 0 aromatic heterocycles.